The van der Waals surface area contributed by atoms with Crippen LogP contribution in [0.2, 0.25) is 0 Å². The van der Waals surface area contributed by atoms with Gasteiger partial charge in [0, 0.05) is 0 Å². The lowest BCUT2D eigenvalue weighted by Gasteiger charge is -2.11. The van der Waals surface area contributed by atoms with Crippen LogP contribution in [0, 0.1) is 22.7 Å². The van der Waals surface area contributed by atoms with Crippen molar-refractivity contribution in [3.8, 4) is 67.8 Å². The third-order valence-electron chi connectivity index (χ3n) is 7.12. The average Bonchev–Trinajstić information content (AvgIpc) is 3.21. The molecule has 0 unspecified atom stereocenters. The van der Waals surface area contributed by atoms with E-state index in [1.54, 1.807) is 0 Å². The average molecular weight is 627 g/mol. The summed E-state index contributed by atoms with van der Waals surface area (Å²) in [5.74, 6) is 0. The zero-order valence-electron chi connectivity index (χ0n) is 29.2. The Morgan fingerprint density at radius 1 is 0.354 bits per heavy atom. The largest absolute Gasteiger partial charge is 0.192 e. The molecule has 0 bridgehead atoms. The van der Waals surface area contributed by atoms with Gasteiger partial charge in [-0.15, -0.1) is 13.2 Å². The summed E-state index contributed by atoms with van der Waals surface area (Å²) in [7, 11) is 0. The molecule has 0 N–H and O–H groups in total. The topological polar surface area (TPSA) is 47.6 Å². The molecule has 0 aliphatic carbocycles. The van der Waals surface area contributed by atoms with Crippen molar-refractivity contribution in [2.45, 2.75) is 41.5 Å². The monoisotopic (exact) mass is 626 g/mol. The summed E-state index contributed by atoms with van der Waals surface area (Å²) in [4.78, 5) is 0. The predicted octanol–water partition coefficient (Wildman–Crippen LogP) is 13.6. The van der Waals surface area contributed by atoms with Gasteiger partial charge in [0.2, 0.25) is 0 Å². The van der Waals surface area contributed by atoms with Crippen LogP contribution in [0.5, 0.6) is 0 Å². The molecule has 6 aromatic rings. The van der Waals surface area contributed by atoms with E-state index in [0.29, 0.717) is 11.1 Å². The molecule has 6 aromatic carbocycles. The van der Waals surface area contributed by atoms with E-state index in [1.165, 1.54) is 0 Å². The van der Waals surface area contributed by atoms with Gasteiger partial charge in [0.15, 0.2) is 0 Å². The van der Waals surface area contributed by atoms with Gasteiger partial charge >= 0.3 is 0 Å². The van der Waals surface area contributed by atoms with Gasteiger partial charge in [-0.3, -0.25) is 0 Å². The lowest BCUT2D eigenvalue weighted by atomic mass is 9.92. The third kappa shape index (κ3) is 9.77. The van der Waals surface area contributed by atoms with Crippen LogP contribution in [-0.2, 0) is 0 Å². The van der Waals surface area contributed by atoms with E-state index in [2.05, 4.69) is 98.1 Å². The van der Waals surface area contributed by atoms with Crippen LogP contribution >= 0.6 is 0 Å². The second-order valence-electron chi connectivity index (χ2n) is 9.68. The van der Waals surface area contributed by atoms with E-state index in [4.69, 9.17) is 0 Å². The maximum Gasteiger partial charge on any atom is 0.0998 e. The molecule has 2 heteroatoms. The Balaban J connectivity index is 0.000000933. The predicted molar refractivity (Wildman–Crippen MR) is 208 cm³/mol. The third-order valence-corrected chi connectivity index (χ3v) is 7.12. The van der Waals surface area contributed by atoms with Gasteiger partial charge in [-0.2, -0.15) is 10.5 Å². The summed E-state index contributed by atoms with van der Waals surface area (Å²) >= 11 is 0. The molecule has 0 fully saturated rings. The zero-order chi connectivity index (χ0) is 35.3. The van der Waals surface area contributed by atoms with Gasteiger partial charge in [0.25, 0.3) is 0 Å². The van der Waals surface area contributed by atoms with Gasteiger partial charge in [-0.05, 0) is 92.0 Å². The number of rotatable bonds is 5. The highest BCUT2D eigenvalue weighted by molar-refractivity contribution is 5.81. The highest BCUT2D eigenvalue weighted by Crippen LogP contribution is 2.34. The number of benzene rings is 6. The van der Waals surface area contributed by atoms with Crippen molar-refractivity contribution in [1.82, 2.24) is 0 Å². The highest BCUT2D eigenvalue weighted by Gasteiger charge is 2.10. The fraction of sp³-hybridized carbons (Fsp3) is 0.130. The molecule has 0 heterocycles. The van der Waals surface area contributed by atoms with Crippen molar-refractivity contribution in [3.63, 3.8) is 0 Å². The number of nitriles is 2. The van der Waals surface area contributed by atoms with Gasteiger partial charge in [-0.1, -0.05) is 151 Å². The standard InChI is InChI=1S/C38H24N2.3C2H6.C2H4/c39-25-27-19-35(28-9-3-1-4-10-28)24-36(20-27)33-16-8-14-31(22-33)30-13-7-15-32(21-30)34-17-18-38(37(23-34)26-40)29-11-5-2-6-12-29;4*1-2/h1-24H;3*1-2H3;1-2H2. The van der Waals surface area contributed by atoms with Crippen LogP contribution in [0.1, 0.15) is 52.7 Å². The van der Waals surface area contributed by atoms with Crippen molar-refractivity contribution < 1.29 is 0 Å². The van der Waals surface area contributed by atoms with Crippen molar-refractivity contribution in [2.24, 2.45) is 0 Å². The van der Waals surface area contributed by atoms with Crippen LogP contribution in [-0.4, -0.2) is 0 Å². The summed E-state index contributed by atoms with van der Waals surface area (Å²) < 4.78 is 0. The smallest absolute Gasteiger partial charge is 0.0998 e. The van der Waals surface area contributed by atoms with E-state index < -0.39 is 0 Å². The van der Waals surface area contributed by atoms with E-state index in [-0.39, 0.29) is 0 Å². The summed E-state index contributed by atoms with van der Waals surface area (Å²) in [5, 5.41) is 19.6. The Morgan fingerprint density at radius 2 is 0.729 bits per heavy atom. The van der Waals surface area contributed by atoms with Gasteiger partial charge < -0.3 is 0 Å². The Labute approximate surface area is 288 Å². The van der Waals surface area contributed by atoms with Crippen molar-refractivity contribution in [1.29, 1.82) is 10.5 Å². The second-order valence-corrected chi connectivity index (χ2v) is 9.68. The quantitative estimate of drug-likeness (QED) is 0.179. The molecule has 0 aromatic heterocycles. The Kier molecular flexibility index (Phi) is 16.7. The molecular formula is C46H46N2. The molecule has 0 amide bonds. The first-order chi connectivity index (χ1) is 23.7. The molecule has 0 saturated carbocycles. The van der Waals surface area contributed by atoms with Crippen molar-refractivity contribution >= 4 is 0 Å². The van der Waals surface area contributed by atoms with Crippen molar-refractivity contribution in [3.05, 3.63) is 170 Å². The molecule has 0 radical (unpaired) electrons. The molecule has 2 nitrogen and oxygen atoms in total. The van der Waals surface area contributed by atoms with E-state index in [9.17, 15) is 10.5 Å². The fourth-order valence-corrected chi connectivity index (χ4v) is 5.10. The van der Waals surface area contributed by atoms with Gasteiger partial charge in [0.1, 0.15) is 0 Å². The summed E-state index contributed by atoms with van der Waals surface area (Å²) in [6, 6.07) is 53.8. The van der Waals surface area contributed by atoms with Crippen LogP contribution < -0.4 is 0 Å². The normalized spacial score (nSPS) is 9.17. The minimum atomic E-state index is 0.635. The fourth-order valence-electron chi connectivity index (χ4n) is 5.10. The van der Waals surface area contributed by atoms with Crippen molar-refractivity contribution in [2.75, 3.05) is 0 Å². The minimum Gasteiger partial charge on any atom is -0.192 e. The maximum absolute atomic E-state index is 9.88. The zero-order valence-corrected chi connectivity index (χ0v) is 29.2. The van der Waals surface area contributed by atoms with Crippen LogP contribution in [0.15, 0.2) is 159 Å². The number of nitrogens with zero attached hydrogens (tertiary/aromatic N) is 2. The lowest BCUT2D eigenvalue weighted by molar-refractivity contribution is 1.47. The maximum atomic E-state index is 9.88. The first kappa shape index (κ1) is 38.2. The molecule has 48 heavy (non-hydrogen) atoms. The Hall–Kier alpha value is -5.96. The van der Waals surface area contributed by atoms with E-state index >= 15 is 0 Å². The van der Waals surface area contributed by atoms with Crippen LogP contribution in [0.25, 0.3) is 55.6 Å². The molecule has 0 atom stereocenters. The van der Waals surface area contributed by atoms with Crippen LogP contribution in [0.4, 0.5) is 0 Å². The number of hydrogen-bond donors (Lipinski definition) is 0. The SMILES string of the molecule is C=C.CC.CC.CC.N#Cc1cc(-c2ccccc2)cc(-c2cccc(-c3cccc(-c4ccc(-c5ccccc5)c(C#N)c4)c3)c2)c1. The lowest BCUT2D eigenvalue weighted by Crippen LogP contribution is -1.88. The Morgan fingerprint density at radius 3 is 1.19 bits per heavy atom. The minimum absolute atomic E-state index is 0.635. The second kappa shape index (κ2) is 21.0. The highest BCUT2D eigenvalue weighted by atomic mass is 14.3. The first-order valence-electron chi connectivity index (χ1n) is 16.6. The van der Waals surface area contributed by atoms with E-state index in [1.807, 2.05) is 114 Å². The first-order valence-corrected chi connectivity index (χ1v) is 16.6. The summed E-state index contributed by atoms with van der Waals surface area (Å²) in [6.07, 6.45) is 0. The Bertz CT molecular complexity index is 1920. The molecule has 6 rings (SSSR count). The van der Waals surface area contributed by atoms with Gasteiger partial charge in [0.05, 0.1) is 23.3 Å². The molecule has 240 valence electrons. The summed E-state index contributed by atoms with van der Waals surface area (Å²) in [6.45, 7) is 18.0. The number of hydrogen-bond acceptors (Lipinski definition) is 2. The van der Waals surface area contributed by atoms with Crippen LogP contribution in [0.3, 0.4) is 0 Å². The molecule has 0 aliphatic heterocycles. The molecule has 0 spiro atoms. The summed E-state index contributed by atoms with van der Waals surface area (Å²) in [5.41, 5.74) is 11.7. The van der Waals surface area contributed by atoms with E-state index in [0.717, 1.165) is 55.6 Å². The molecular weight excluding hydrogens is 581 g/mol. The molecule has 0 saturated heterocycles. The van der Waals surface area contributed by atoms with Gasteiger partial charge in [-0.25, -0.2) is 0 Å². The molecule has 0 aliphatic rings.